The summed E-state index contributed by atoms with van der Waals surface area (Å²) in [6.45, 7) is 4.47. The van der Waals surface area contributed by atoms with E-state index in [1.807, 2.05) is 13.8 Å². The molecule has 0 fully saturated rings. The van der Waals surface area contributed by atoms with Crippen molar-refractivity contribution < 1.29 is 9.94 Å². The second-order valence-corrected chi connectivity index (χ2v) is 1.48. The molecule has 0 rings (SSSR count). The maximum absolute atomic E-state index is 8.70. The summed E-state index contributed by atoms with van der Waals surface area (Å²) in [5.74, 6) is 0. The van der Waals surface area contributed by atoms with E-state index in [1.54, 1.807) is 0 Å². The average molecular weight is 119 g/mol. The lowest BCUT2D eigenvalue weighted by Crippen LogP contribution is -2.22. The second-order valence-electron chi connectivity index (χ2n) is 1.48. The number of hydroxylamine groups is 1. The molecule has 0 heterocycles. The summed E-state index contributed by atoms with van der Waals surface area (Å²) >= 11 is 0. The van der Waals surface area contributed by atoms with Crippen LogP contribution in [0, 0.1) is 0 Å². The molecule has 0 saturated heterocycles. The standard InChI is InChI=1S/C5H13NO2/c1-3-5(7)8-6-4-2/h5-7H,3-4H2,1-2H3. The minimum atomic E-state index is -0.657. The number of nitrogens with one attached hydrogen (secondary N) is 1. The normalized spacial score (nSPS) is 13.9. The Bertz CT molecular complexity index is 49.7. The van der Waals surface area contributed by atoms with Crippen LogP contribution < -0.4 is 5.48 Å². The van der Waals surface area contributed by atoms with Crippen molar-refractivity contribution in [2.24, 2.45) is 0 Å². The number of rotatable bonds is 4. The molecule has 0 aliphatic heterocycles. The summed E-state index contributed by atoms with van der Waals surface area (Å²) in [7, 11) is 0. The molecule has 0 bridgehead atoms. The van der Waals surface area contributed by atoms with Gasteiger partial charge in [0.15, 0.2) is 6.29 Å². The first kappa shape index (κ1) is 7.88. The molecule has 0 aromatic heterocycles. The van der Waals surface area contributed by atoms with Crippen molar-refractivity contribution in [2.75, 3.05) is 6.54 Å². The Morgan fingerprint density at radius 2 is 2.25 bits per heavy atom. The molecule has 0 aromatic rings. The summed E-state index contributed by atoms with van der Waals surface area (Å²) in [5.41, 5.74) is 2.55. The highest BCUT2D eigenvalue weighted by Gasteiger charge is 1.95. The highest BCUT2D eigenvalue weighted by atomic mass is 16.7. The van der Waals surface area contributed by atoms with Crippen LogP contribution in [0.25, 0.3) is 0 Å². The molecule has 0 spiro atoms. The van der Waals surface area contributed by atoms with Crippen molar-refractivity contribution >= 4 is 0 Å². The van der Waals surface area contributed by atoms with Gasteiger partial charge in [-0.2, -0.15) is 5.48 Å². The highest BCUT2D eigenvalue weighted by Crippen LogP contribution is 1.86. The quantitative estimate of drug-likeness (QED) is 0.412. The van der Waals surface area contributed by atoms with E-state index >= 15 is 0 Å². The van der Waals surface area contributed by atoms with Gasteiger partial charge in [0.05, 0.1) is 0 Å². The molecule has 1 atom stereocenters. The third-order valence-corrected chi connectivity index (χ3v) is 0.713. The van der Waals surface area contributed by atoms with Gasteiger partial charge >= 0.3 is 0 Å². The Labute approximate surface area is 49.6 Å². The lowest BCUT2D eigenvalue weighted by atomic mass is 10.5. The zero-order chi connectivity index (χ0) is 6.41. The predicted molar refractivity (Wildman–Crippen MR) is 31.1 cm³/mol. The van der Waals surface area contributed by atoms with Gasteiger partial charge in [0.1, 0.15) is 0 Å². The van der Waals surface area contributed by atoms with E-state index in [-0.39, 0.29) is 0 Å². The van der Waals surface area contributed by atoms with Crippen LogP contribution in [-0.2, 0) is 4.84 Å². The molecule has 50 valence electrons. The van der Waals surface area contributed by atoms with Gasteiger partial charge in [-0.05, 0) is 6.42 Å². The predicted octanol–water partition coefficient (Wildman–Crippen LogP) is 0.256. The largest absolute Gasteiger partial charge is 0.366 e. The van der Waals surface area contributed by atoms with Gasteiger partial charge in [-0.1, -0.05) is 13.8 Å². The molecule has 8 heavy (non-hydrogen) atoms. The van der Waals surface area contributed by atoms with Crippen LogP contribution in [0.5, 0.6) is 0 Å². The van der Waals surface area contributed by atoms with Crippen molar-refractivity contribution in [1.82, 2.24) is 5.48 Å². The van der Waals surface area contributed by atoms with Crippen LogP contribution in [0.4, 0.5) is 0 Å². The summed E-state index contributed by atoms with van der Waals surface area (Å²) in [6.07, 6.45) is -0.0394. The number of hydrogen-bond donors (Lipinski definition) is 2. The molecular weight excluding hydrogens is 106 g/mol. The molecule has 0 aliphatic carbocycles. The molecule has 0 saturated carbocycles. The second kappa shape index (κ2) is 5.03. The van der Waals surface area contributed by atoms with Crippen LogP contribution >= 0.6 is 0 Å². The molecule has 1 unspecified atom stereocenters. The van der Waals surface area contributed by atoms with E-state index in [0.29, 0.717) is 6.42 Å². The maximum atomic E-state index is 8.70. The van der Waals surface area contributed by atoms with Gasteiger partial charge in [0.2, 0.25) is 0 Å². The van der Waals surface area contributed by atoms with Crippen molar-refractivity contribution in [2.45, 2.75) is 26.6 Å². The smallest absolute Gasteiger partial charge is 0.174 e. The van der Waals surface area contributed by atoms with Crippen LogP contribution in [0.1, 0.15) is 20.3 Å². The topological polar surface area (TPSA) is 41.5 Å². The van der Waals surface area contributed by atoms with Gasteiger partial charge in [0, 0.05) is 6.54 Å². The first-order chi connectivity index (χ1) is 3.81. The van der Waals surface area contributed by atoms with E-state index < -0.39 is 6.29 Å². The Morgan fingerprint density at radius 3 is 2.62 bits per heavy atom. The third kappa shape index (κ3) is 4.05. The minimum absolute atomic E-state index is 0.618. The van der Waals surface area contributed by atoms with E-state index in [0.717, 1.165) is 6.54 Å². The molecule has 3 heteroatoms. The van der Waals surface area contributed by atoms with E-state index in [2.05, 4.69) is 10.3 Å². The third-order valence-electron chi connectivity index (χ3n) is 0.713. The summed E-state index contributed by atoms with van der Waals surface area (Å²) in [5, 5.41) is 8.70. The first-order valence-electron chi connectivity index (χ1n) is 2.87. The van der Waals surface area contributed by atoms with Crippen LogP contribution in [0.3, 0.4) is 0 Å². The lowest BCUT2D eigenvalue weighted by molar-refractivity contribution is -0.145. The van der Waals surface area contributed by atoms with Gasteiger partial charge in [0.25, 0.3) is 0 Å². The van der Waals surface area contributed by atoms with E-state index in [9.17, 15) is 0 Å². The molecule has 0 radical (unpaired) electrons. The van der Waals surface area contributed by atoms with Gasteiger partial charge in [-0.15, -0.1) is 0 Å². The van der Waals surface area contributed by atoms with Crippen LogP contribution in [0.15, 0.2) is 0 Å². The zero-order valence-corrected chi connectivity index (χ0v) is 5.35. The summed E-state index contributed by atoms with van der Waals surface area (Å²) in [6, 6.07) is 0. The monoisotopic (exact) mass is 119 g/mol. The van der Waals surface area contributed by atoms with Crippen LogP contribution in [-0.4, -0.2) is 17.9 Å². The number of hydrogen-bond acceptors (Lipinski definition) is 3. The first-order valence-corrected chi connectivity index (χ1v) is 2.87. The average Bonchev–Trinajstić information content (AvgIpc) is 1.83. The fraction of sp³-hybridized carbons (Fsp3) is 1.00. The van der Waals surface area contributed by atoms with Crippen molar-refractivity contribution in [1.29, 1.82) is 0 Å². The Morgan fingerprint density at radius 1 is 1.62 bits per heavy atom. The minimum Gasteiger partial charge on any atom is -0.366 e. The van der Waals surface area contributed by atoms with E-state index in [1.165, 1.54) is 0 Å². The van der Waals surface area contributed by atoms with Crippen molar-refractivity contribution in [3.63, 3.8) is 0 Å². The number of aliphatic hydroxyl groups is 1. The Kier molecular flexibility index (Phi) is 4.95. The Balaban J connectivity index is 2.86. The molecule has 0 amide bonds. The molecule has 0 aromatic carbocycles. The van der Waals surface area contributed by atoms with Gasteiger partial charge in [-0.25, -0.2) is 0 Å². The zero-order valence-electron chi connectivity index (χ0n) is 5.35. The van der Waals surface area contributed by atoms with Gasteiger partial charge in [-0.3, -0.25) is 4.84 Å². The summed E-state index contributed by atoms with van der Waals surface area (Å²) < 4.78 is 0. The number of aliphatic hydroxyl groups excluding tert-OH is 1. The lowest BCUT2D eigenvalue weighted by Gasteiger charge is -2.07. The SMILES string of the molecule is CCNOC(O)CC. The van der Waals surface area contributed by atoms with Crippen molar-refractivity contribution in [3.8, 4) is 0 Å². The van der Waals surface area contributed by atoms with E-state index in [4.69, 9.17) is 5.11 Å². The van der Waals surface area contributed by atoms with Crippen LogP contribution in [0.2, 0.25) is 0 Å². The van der Waals surface area contributed by atoms with Gasteiger partial charge < -0.3 is 5.11 Å². The summed E-state index contributed by atoms with van der Waals surface area (Å²) in [4.78, 5) is 4.65. The molecule has 3 nitrogen and oxygen atoms in total. The molecule has 0 aliphatic rings. The fourth-order valence-electron chi connectivity index (χ4n) is 0.263. The van der Waals surface area contributed by atoms with Crippen molar-refractivity contribution in [3.05, 3.63) is 0 Å². The highest BCUT2D eigenvalue weighted by molar-refractivity contribution is 4.29. The Hall–Kier alpha value is -0.120. The molecule has 2 N–H and O–H groups in total. The molecular formula is C5H13NO2. The fourth-order valence-corrected chi connectivity index (χ4v) is 0.263. The maximum Gasteiger partial charge on any atom is 0.174 e.